The monoisotopic (exact) mass is 455 g/mol. The highest BCUT2D eigenvalue weighted by Gasteiger charge is 2.55. The number of nitriles is 1. The lowest BCUT2D eigenvalue weighted by molar-refractivity contribution is 0.0435. The molecule has 2 aliphatic rings. The van der Waals surface area contributed by atoms with Crippen LogP contribution in [-0.4, -0.2) is 19.5 Å². The summed E-state index contributed by atoms with van der Waals surface area (Å²) in [6.45, 7) is 7.17. The van der Waals surface area contributed by atoms with Gasteiger partial charge >= 0.3 is 0 Å². The van der Waals surface area contributed by atoms with Crippen molar-refractivity contribution in [2.45, 2.75) is 61.5 Å². The first-order valence-electron chi connectivity index (χ1n) is 10.8. The van der Waals surface area contributed by atoms with Crippen molar-refractivity contribution in [1.82, 2.24) is 0 Å². The van der Waals surface area contributed by atoms with Crippen molar-refractivity contribution in [2.24, 2.45) is 11.3 Å². The topological polar surface area (TPSA) is 42.2 Å². The molecule has 4 atom stereocenters. The number of rotatable bonds is 4. The Morgan fingerprint density at radius 3 is 2.32 bits per heavy atom. The highest BCUT2D eigenvalue weighted by Crippen LogP contribution is 2.62. The van der Waals surface area contributed by atoms with E-state index in [1.54, 1.807) is 14.2 Å². The summed E-state index contributed by atoms with van der Waals surface area (Å²) in [6.07, 6.45) is 3.09. The van der Waals surface area contributed by atoms with Crippen LogP contribution in [0.2, 0.25) is 5.02 Å². The van der Waals surface area contributed by atoms with E-state index in [9.17, 15) is 5.26 Å². The van der Waals surface area contributed by atoms with Crippen molar-refractivity contribution in [2.75, 3.05) is 14.2 Å². The second-order valence-corrected chi connectivity index (χ2v) is 11.3. The van der Waals surface area contributed by atoms with Gasteiger partial charge in [0.15, 0.2) is 11.5 Å². The summed E-state index contributed by atoms with van der Waals surface area (Å²) in [6, 6.07) is 14.9. The molecule has 2 aromatic rings. The first kappa shape index (κ1) is 22.4. The molecule has 0 radical (unpaired) electrons. The number of hydrogen-bond acceptors (Lipinski definition) is 4. The van der Waals surface area contributed by atoms with Crippen molar-refractivity contribution in [3.63, 3.8) is 0 Å². The second-order valence-electron chi connectivity index (χ2n) is 9.60. The van der Waals surface area contributed by atoms with Crippen molar-refractivity contribution in [3.8, 4) is 17.6 Å². The minimum Gasteiger partial charge on any atom is -0.493 e. The van der Waals surface area contributed by atoms with Gasteiger partial charge in [-0.25, -0.2) is 0 Å². The first-order chi connectivity index (χ1) is 14.7. The predicted octanol–water partition coefficient (Wildman–Crippen LogP) is 7.22. The molecule has 0 aliphatic heterocycles. The molecule has 0 heterocycles. The van der Waals surface area contributed by atoms with Gasteiger partial charge in [0.1, 0.15) is 0 Å². The number of hydrogen-bond donors (Lipinski definition) is 0. The molecule has 0 saturated heterocycles. The van der Waals surface area contributed by atoms with Crippen LogP contribution in [-0.2, 0) is 5.41 Å². The SMILES string of the molecule is COc1cc2c(cc1OC)[C@@]1(C)CC[C@H](Sc3ccc(Cl)cc3)C(C)(C)[C@H]1C[C@H]2C#N. The first-order valence-corrected chi connectivity index (χ1v) is 12.1. The van der Waals surface area contributed by atoms with E-state index in [0.29, 0.717) is 16.9 Å². The number of benzene rings is 2. The Balaban J connectivity index is 1.74. The smallest absolute Gasteiger partial charge is 0.161 e. The Bertz CT molecular complexity index is 1010. The van der Waals surface area contributed by atoms with E-state index in [-0.39, 0.29) is 16.7 Å². The van der Waals surface area contributed by atoms with Crippen LogP contribution < -0.4 is 9.47 Å². The van der Waals surface area contributed by atoms with Gasteiger partial charge < -0.3 is 9.47 Å². The summed E-state index contributed by atoms with van der Waals surface area (Å²) in [7, 11) is 3.33. The van der Waals surface area contributed by atoms with Crippen molar-refractivity contribution in [3.05, 3.63) is 52.5 Å². The Hall–Kier alpha value is -1.83. The van der Waals surface area contributed by atoms with Gasteiger partial charge in [-0.15, -0.1) is 11.8 Å². The molecule has 3 nitrogen and oxygen atoms in total. The van der Waals surface area contributed by atoms with Gasteiger partial charge in [-0.2, -0.15) is 5.26 Å². The Kier molecular flexibility index (Phi) is 5.96. The van der Waals surface area contributed by atoms with Crippen molar-refractivity contribution >= 4 is 23.4 Å². The fraction of sp³-hybridized carbons (Fsp3) is 0.500. The predicted molar refractivity (Wildman–Crippen MR) is 127 cm³/mol. The molecule has 4 rings (SSSR count). The molecule has 0 unspecified atom stereocenters. The standard InChI is InChI=1S/C26H30ClNO2S/c1-25(2)23-12-16(15-28)19-13-21(29-4)22(30-5)14-20(19)26(23,3)11-10-24(25)31-18-8-6-17(27)7-9-18/h6-9,13-14,16,23-24H,10-12H2,1-5H3/t16-,23+,24-,26+/m0/s1. The molecule has 5 heteroatoms. The molecule has 2 aliphatic carbocycles. The van der Waals surface area contributed by atoms with E-state index in [1.165, 1.54) is 10.5 Å². The molecule has 0 N–H and O–H groups in total. The zero-order chi connectivity index (χ0) is 22.4. The summed E-state index contributed by atoms with van der Waals surface area (Å²) >= 11 is 8.04. The Labute approximate surface area is 195 Å². The number of ether oxygens (including phenoxy) is 2. The van der Waals surface area contributed by atoms with Crippen LogP contribution in [0, 0.1) is 22.7 Å². The molecule has 31 heavy (non-hydrogen) atoms. The van der Waals surface area contributed by atoms with Gasteiger partial charge in [0.25, 0.3) is 0 Å². The number of halogens is 1. The molecular weight excluding hydrogens is 426 g/mol. The third-order valence-corrected chi connectivity index (χ3v) is 9.61. The Morgan fingerprint density at radius 1 is 1.06 bits per heavy atom. The maximum Gasteiger partial charge on any atom is 0.161 e. The van der Waals surface area contributed by atoms with Crippen LogP contribution in [0.3, 0.4) is 0 Å². The maximum absolute atomic E-state index is 10.1. The van der Waals surface area contributed by atoms with Crippen LogP contribution in [0.15, 0.2) is 41.3 Å². The lowest BCUT2D eigenvalue weighted by Gasteiger charge is -2.58. The fourth-order valence-corrected chi connectivity index (χ4v) is 7.41. The molecule has 164 valence electrons. The Morgan fingerprint density at radius 2 is 1.71 bits per heavy atom. The maximum atomic E-state index is 10.1. The van der Waals surface area contributed by atoms with Gasteiger partial charge in [0, 0.05) is 15.2 Å². The van der Waals surface area contributed by atoms with Gasteiger partial charge in [-0.3, -0.25) is 0 Å². The zero-order valence-electron chi connectivity index (χ0n) is 18.9. The summed E-state index contributed by atoms with van der Waals surface area (Å²) < 4.78 is 11.2. The van der Waals surface area contributed by atoms with Gasteiger partial charge in [-0.1, -0.05) is 32.4 Å². The number of thioether (sulfide) groups is 1. The second kappa shape index (κ2) is 8.26. The highest BCUT2D eigenvalue weighted by molar-refractivity contribution is 8.00. The highest BCUT2D eigenvalue weighted by atomic mass is 35.5. The van der Waals surface area contributed by atoms with Crippen molar-refractivity contribution < 1.29 is 9.47 Å². The summed E-state index contributed by atoms with van der Waals surface area (Å²) in [5.41, 5.74) is 2.44. The van der Waals surface area contributed by atoms with Crippen LogP contribution in [0.5, 0.6) is 11.5 Å². The minimum atomic E-state index is -0.133. The van der Waals surface area contributed by atoms with Crippen LogP contribution in [0.4, 0.5) is 0 Å². The molecule has 1 fully saturated rings. The van der Waals surface area contributed by atoms with E-state index in [2.05, 4.69) is 45.0 Å². The lowest BCUT2D eigenvalue weighted by Crippen LogP contribution is -2.53. The van der Waals surface area contributed by atoms with Gasteiger partial charge in [-0.05, 0) is 83.5 Å². The van der Waals surface area contributed by atoms with Crippen LogP contribution >= 0.6 is 23.4 Å². The van der Waals surface area contributed by atoms with Gasteiger partial charge in [0.2, 0.25) is 0 Å². The number of fused-ring (bicyclic) bond motifs is 3. The van der Waals surface area contributed by atoms with Crippen molar-refractivity contribution in [1.29, 1.82) is 5.26 Å². The third-order valence-electron chi connectivity index (χ3n) is 7.69. The van der Waals surface area contributed by atoms with E-state index in [0.717, 1.165) is 35.6 Å². The van der Waals surface area contributed by atoms with Gasteiger partial charge in [0.05, 0.1) is 26.2 Å². The van der Waals surface area contributed by atoms with E-state index in [1.807, 2.05) is 30.0 Å². The number of methoxy groups -OCH3 is 2. The molecular formula is C26H30ClNO2S. The summed E-state index contributed by atoms with van der Waals surface area (Å²) in [5.74, 6) is 1.71. The van der Waals surface area contributed by atoms with E-state index >= 15 is 0 Å². The molecule has 0 bridgehead atoms. The molecule has 0 aromatic heterocycles. The third kappa shape index (κ3) is 3.70. The van der Waals surface area contributed by atoms with Crippen LogP contribution in [0.25, 0.3) is 0 Å². The molecule has 1 saturated carbocycles. The van der Waals surface area contributed by atoms with E-state index in [4.69, 9.17) is 21.1 Å². The quantitative estimate of drug-likeness (QED) is 0.487. The molecule has 0 spiro atoms. The number of nitrogens with zero attached hydrogens (tertiary/aromatic N) is 1. The van der Waals surface area contributed by atoms with E-state index < -0.39 is 0 Å². The zero-order valence-corrected chi connectivity index (χ0v) is 20.4. The largest absolute Gasteiger partial charge is 0.493 e. The summed E-state index contributed by atoms with van der Waals surface area (Å²) in [5, 5.41) is 11.3. The lowest BCUT2D eigenvalue weighted by atomic mass is 9.49. The summed E-state index contributed by atoms with van der Waals surface area (Å²) in [4.78, 5) is 1.26. The minimum absolute atomic E-state index is 0.00277. The fourth-order valence-electron chi connectivity index (χ4n) is 5.96. The average molecular weight is 456 g/mol. The normalized spacial score (nSPS) is 28.7. The molecule has 2 aromatic carbocycles. The molecule has 0 amide bonds. The van der Waals surface area contributed by atoms with Crippen LogP contribution in [0.1, 0.15) is 57.1 Å². The average Bonchev–Trinajstić information content (AvgIpc) is 2.76.